The molecule has 5 heteroatoms. The van der Waals surface area contributed by atoms with Gasteiger partial charge in [-0.05, 0) is 54.3 Å². The van der Waals surface area contributed by atoms with E-state index in [1.165, 1.54) is 18.6 Å². The molecule has 0 aromatic heterocycles. The Balaban J connectivity index is 1.70. The second-order valence-corrected chi connectivity index (χ2v) is 7.86. The number of halogens is 2. The number of carbonyl (C=O) groups is 1. The number of fused-ring (bicyclic) bond motifs is 2. The number of carbonyl (C=O) groups excluding carboxylic acids is 1. The molecular weight excluding hydrogens is 358 g/mol. The van der Waals surface area contributed by atoms with E-state index < -0.39 is 11.6 Å². The fraction of sp³-hybridized carbons (Fsp3) is 0.261. The van der Waals surface area contributed by atoms with Crippen molar-refractivity contribution in [3.05, 3.63) is 65.2 Å². The normalized spacial score (nSPS) is 20.3. The number of aldehydes is 1. The van der Waals surface area contributed by atoms with Gasteiger partial charge in [-0.3, -0.25) is 4.79 Å². The van der Waals surface area contributed by atoms with Crippen LogP contribution in [0.1, 0.15) is 22.3 Å². The van der Waals surface area contributed by atoms with Crippen LogP contribution in [0.2, 0.25) is 0 Å². The number of rotatable bonds is 4. The molecule has 28 heavy (non-hydrogen) atoms. The van der Waals surface area contributed by atoms with E-state index in [9.17, 15) is 13.6 Å². The molecule has 1 saturated carbocycles. The smallest absolute Gasteiger partial charge is 0.182 e. The van der Waals surface area contributed by atoms with Crippen molar-refractivity contribution in [2.45, 2.75) is 13.3 Å². The summed E-state index contributed by atoms with van der Waals surface area (Å²) >= 11 is 0. The Labute approximate surface area is 162 Å². The van der Waals surface area contributed by atoms with Crippen molar-refractivity contribution < 1.29 is 13.6 Å². The van der Waals surface area contributed by atoms with Gasteiger partial charge in [0, 0.05) is 29.7 Å². The zero-order valence-corrected chi connectivity index (χ0v) is 15.5. The van der Waals surface area contributed by atoms with Crippen molar-refractivity contribution >= 4 is 34.1 Å². The minimum absolute atomic E-state index is 0.0804. The highest BCUT2D eigenvalue weighted by molar-refractivity contribution is 6.11. The van der Waals surface area contributed by atoms with E-state index in [1.807, 2.05) is 31.2 Å². The molecule has 3 aromatic carbocycles. The molecule has 2 unspecified atom stereocenters. The maximum Gasteiger partial charge on any atom is 0.182 e. The highest BCUT2D eigenvalue weighted by Gasteiger charge is 2.45. The summed E-state index contributed by atoms with van der Waals surface area (Å²) < 4.78 is 27.9. The number of hydrogen-bond donors (Lipinski definition) is 1. The molecule has 2 atom stereocenters. The van der Waals surface area contributed by atoms with Crippen molar-refractivity contribution in [2.75, 3.05) is 23.3 Å². The second-order valence-electron chi connectivity index (χ2n) is 7.86. The van der Waals surface area contributed by atoms with Gasteiger partial charge >= 0.3 is 0 Å². The van der Waals surface area contributed by atoms with Crippen molar-refractivity contribution in [1.29, 1.82) is 0 Å². The van der Waals surface area contributed by atoms with E-state index in [1.54, 1.807) is 0 Å². The molecule has 0 bridgehead atoms. The lowest BCUT2D eigenvalue weighted by atomic mass is 9.96. The van der Waals surface area contributed by atoms with E-state index in [0.29, 0.717) is 23.1 Å². The Morgan fingerprint density at radius 1 is 1.07 bits per heavy atom. The predicted octanol–water partition coefficient (Wildman–Crippen LogP) is 5.44. The Kier molecular flexibility index (Phi) is 3.86. The molecule has 1 aliphatic carbocycles. The average molecular weight is 378 g/mol. The summed E-state index contributed by atoms with van der Waals surface area (Å²) in [5, 5.41) is 4.74. The molecule has 0 amide bonds. The predicted molar refractivity (Wildman–Crippen MR) is 108 cm³/mol. The fourth-order valence-electron chi connectivity index (χ4n) is 4.49. The lowest BCUT2D eigenvalue weighted by Gasteiger charge is -2.25. The van der Waals surface area contributed by atoms with E-state index in [2.05, 4.69) is 10.2 Å². The first-order valence-corrected chi connectivity index (χ1v) is 9.54. The molecule has 1 saturated heterocycles. The van der Waals surface area contributed by atoms with Gasteiger partial charge in [0.2, 0.25) is 0 Å². The van der Waals surface area contributed by atoms with E-state index >= 15 is 0 Å². The van der Waals surface area contributed by atoms with Gasteiger partial charge in [0.1, 0.15) is 0 Å². The topological polar surface area (TPSA) is 32.3 Å². The molecule has 1 aliphatic heterocycles. The molecule has 5 rings (SSSR count). The Bertz CT molecular complexity index is 1100. The van der Waals surface area contributed by atoms with Crippen molar-refractivity contribution in [3.63, 3.8) is 0 Å². The van der Waals surface area contributed by atoms with Crippen molar-refractivity contribution in [3.8, 4) is 0 Å². The van der Waals surface area contributed by atoms with E-state index in [0.717, 1.165) is 47.5 Å². The average Bonchev–Trinajstić information content (AvgIpc) is 3.30. The molecule has 0 radical (unpaired) electrons. The fourth-order valence-corrected chi connectivity index (χ4v) is 4.49. The number of nitrogens with zero attached hydrogens (tertiary/aromatic N) is 1. The van der Waals surface area contributed by atoms with Gasteiger partial charge in [0.15, 0.2) is 17.9 Å². The van der Waals surface area contributed by atoms with Crippen LogP contribution in [-0.2, 0) is 0 Å². The lowest BCUT2D eigenvalue weighted by Crippen LogP contribution is -2.23. The number of hydrogen-bond acceptors (Lipinski definition) is 3. The number of piperidine rings is 1. The molecule has 2 fully saturated rings. The summed E-state index contributed by atoms with van der Waals surface area (Å²) in [6, 6.07) is 11.8. The number of benzene rings is 3. The van der Waals surface area contributed by atoms with Gasteiger partial charge in [0.25, 0.3) is 0 Å². The zero-order chi connectivity index (χ0) is 19.4. The third-order valence-corrected chi connectivity index (χ3v) is 6.05. The van der Waals surface area contributed by atoms with Crippen LogP contribution in [0.3, 0.4) is 0 Å². The molecular formula is C23H20F2N2O. The SMILES string of the molecule is Cc1cccc2c(Nc3cccc(F)c3F)cc(N3CC4CC4C3)c(C=O)c12. The van der Waals surface area contributed by atoms with Crippen LogP contribution in [0.5, 0.6) is 0 Å². The highest BCUT2D eigenvalue weighted by atomic mass is 19.2. The van der Waals surface area contributed by atoms with Crippen LogP contribution < -0.4 is 10.2 Å². The van der Waals surface area contributed by atoms with E-state index in [-0.39, 0.29) is 5.69 Å². The van der Waals surface area contributed by atoms with Crippen LogP contribution >= 0.6 is 0 Å². The molecule has 2 aliphatic rings. The molecule has 1 heterocycles. The van der Waals surface area contributed by atoms with Gasteiger partial charge in [0.05, 0.1) is 11.4 Å². The highest BCUT2D eigenvalue weighted by Crippen LogP contribution is 2.48. The minimum atomic E-state index is -0.910. The summed E-state index contributed by atoms with van der Waals surface area (Å²) in [5.74, 6) is -0.380. The Morgan fingerprint density at radius 2 is 1.82 bits per heavy atom. The standard InChI is InChI=1S/C23H20F2N2O/c1-13-4-2-5-16-20(26-19-7-3-6-18(24)23(19)25)9-21(17(12-28)22(13)16)27-10-14-8-15(14)11-27/h2-7,9,12,14-15,26H,8,10-11H2,1H3. The largest absolute Gasteiger partial charge is 0.370 e. The third-order valence-electron chi connectivity index (χ3n) is 6.05. The Hall–Kier alpha value is -2.95. The maximum absolute atomic E-state index is 14.3. The lowest BCUT2D eigenvalue weighted by molar-refractivity contribution is 0.112. The molecule has 3 aromatic rings. The maximum atomic E-state index is 14.3. The van der Waals surface area contributed by atoms with Gasteiger partial charge < -0.3 is 10.2 Å². The number of anilines is 3. The van der Waals surface area contributed by atoms with Crippen LogP contribution in [0, 0.1) is 30.4 Å². The first kappa shape index (κ1) is 17.2. The van der Waals surface area contributed by atoms with Gasteiger partial charge in [-0.1, -0.05) is 24.3 Å². The van der Waals surface area contributed by atoms with Crippen LogP contribution in [0.4, 0.5) is 25.8 Å². The summed E-state index contributed by atoms with van der Waals surface area (Å²) in [4.78, 5) is 14.3. The third kappa shape index (κ3) is 2.65. The van der Waals surface area contributed by atoms with Gasteiger partial charge in [-0.15, -0.1) is 0 Å². The van der Waals surface area contributed by atoms with Gasteiger partial charge in [-0.2, -0.15) is 0 Å². The first-order chi connectivity index (χ1) is 13.6. The minimum Gasteiger partial charge on any atom is -0.370 e. The van der Waals surface area contributed by atoms with Crippen molar-refractivity contribution in [1.82, 2.24) is 0 Å². The molecule has 142 valence electrons. The number of nitrogens with one attached hydrogen (secondary N) is 1. The summed E-state index contributed by atoms with van der Waals surface area (Å²) in [6.45, 7) is 3.85. The Morgan fingerprint density at radius 3 is 2.57 bits per heavy atom. The van der Waals surface area contributed by atoms with Gasteiger partial charge in [-0.25, -0.2) is 8.78 Å². The molecule has 1 N–H and O–H groups in total. The zero-order valence-electron chi connectivity index (χ0n) is 15.5. The van der Waals surface area contributed by atoms with E-state index in [4.69, 9.17) is 0 Å². The summed E-state index contributed by atoms with van der Waals surface area (Å²) in [5.41, 5.74) is 3.26. The first-order valence-electron chi connectivity index (χ1n) is 9.54. The summed E-state index contributed by atoms with van der Waals surface area (Å²) in [7, 11) is 0. The van der Waals surface area contributed by atoms with Crippen LogP contribution in [0.15, 0.2) is 42.5 Å². The monoisotopic (exact) mass is 378 g/mol. The quantitative estimate of drug-likeness (QED) is 0.614. The van der Waals surface area contributed by atoms with Crippen molar-refractivity contribution in [2.24, 2.45) is 11.8 Å². The van der Waals surface area contributed by atoms with Crippen LogP contribution in [0.25, 0.3) is 10.8 Å². The second kappa shape index (κ2) is 6.30. The summed E-state index contributed by atoms with van der Waals surface area (Å²) in [6.07, 6.45) is 2.18. The van der Waals surface area contributed by atoms with Crippen LogP contribution in [-0.4, -0.2) is 19.4 Å². The number of aryl methyl sites for hydroxylation is 1. The molecule has 3 nitrogen and oxygen atoms in total. The molecule has 0 spiro atoms.